The van der Waals surface area contributed by atoms with Gasteiger partial charge in [0.2, 0.25) is 0 Å². The lowest BCUT2D eigenvalue weighted by molar-refractivity contribution is -0.154. The molecule has 0 saturated heterocycles. The molecular weight excluding hydrogens is 220 g/mol. The van der Waals surface area contributed by atoms with E-state index in [1.807, 2.05) is 6.92 Å². The number of hydrogen-bond acceptors (Lipinski definition) is 4. The molecule has 0 amide bonds. The summed E-state index contributed by atoms with van der Waals surface area (Å²) in [4.78, 5) is 11.4. The van der Waals surface area contributed by atoms with Crippen molar-refractivity contribution in [1.82, 2.24) is 0 Å². The van der Waals surface area contributed by atoms with Gasteiger partial charge in [0, 0.05) is 0 Å². The fraction of sp³-hybridized carbons (Fsp3) is 0.889. The van der Waals surface area contributed by atoms with Crippen molar-refractivity contribution in [2.75, 3.05) is 12.4 Å². The average Bonchev–Trinajstić information content (AvgIpc) is 2.10. The highest BCUT2D eigenvalue weighted by Crippen LogP contribution is 2.21. The molecule has 0 bridgehead atoms. The molecule has 0 aliphatic heterocycles. The van der Waals surface area contributed by atoms with Crippen LogP contribution in [0.25, 0.3) is 0 Å². The summed E-state index contributed by atoms with van der Waals surface area (Å²) in [6.07, 6.45) is 0.772. The molecule has 0 spiro atoms. The van der Waals surface area contributed by atoms with Gasteiger partial charge in [-0.25, -0.2) is 0 Å². The molecule has 0 heterocycles. The number of hydrogen-bond donors (Lipinski definition) is 1. The second-order valence-corrected chi connectivity index (χ2v) is 5.59. The van der Waals surface area contributed by atoms with Crippen molar-refractivity contribution in [2.24, 2.45) is 5.41 Å². The third-order valence-corrected chi connectivity index (χ3v) is 3.02. The minimum Gasteiger partial charge on any atom is -0.465 e. The molecule has 0 radical (unpaired) electrons. The Morgan fingerprint density at radius 2 is 1.93 bits per heavy atom. The Bertz CT molecular complexity index is 304. The third kappa shape index (κ3) is 6.46. The first kappa shape index (κ1) is 14.4. The van der Waals surface area contributed by atoms with Crippen LogP contribution < -0.4 is 0 Å². The molecule has 5 nitrogen and oxygen atoms in total. The monoisotopic (exact) mass is 238 g/mol. The van der Waals surface area contributed by atoms with Crippen molar-refractivity contribution >= 4 is 16.1 Å². The highest BCUT2D eigenvalue weighted by atomic mass is 32.2. The Labute approximate surface area is 90.6 Å². The minimum absolute atomic E-state index is 0.0159. The van der Waals surface area contributed by atoms with E-state index in [-0.39, 0.29) is 24.7 Å². The zero-order valence-electron chi connectivity index (χ0n) is 9.32. The summed E-state index contributed by atoms with van der Waals surface area (Å²) in [5.41, 5.74) is -0.544. The number of carbonyl (C=O) groups excluding carboxylic acids is 1. The first-order valence-corrected chi connectivity index (χ1v) is 6.42. The van der Waals surface area contributed by atoms with Crippen molar-refractivity contribution < 1.29 is 22.5 Å². The Kier molecular flexibility index (Phi) is 5.23. The Balaban J connectivity index is 3.84. The molecule has 0 rings (SSSR count). The molecule has 0 aliphatic carbocycles. The molecule has 0 atom stereocenters. The topological polar surface area (TPSA) is 80.7 Å². The summed E-state index contributed by atoms with van der Waals surface area (Å²) in [5, 5.41) is 0. The SMILES string of the molecule is CCC(C)(C)C(=O)OCCCS(=O)(=O)O. The van der Waals surface area contributed by atoms with E-state index >= 15 is 0 Å². The lowest BCUT2D eigenvalue weighted by atomic mass is 9.91. The number of rotatable bonds is 6. The third-order valence-electron chi connectivity index (χ3n) is 2.22. The van der Waals surface area contributed by atoms with E-state index in [0.717, 1.165) is 0 Å². The maximum absolute atomic E-state index is 11.4. The molecule has 0 saturated carbocycles. The smallest absolute Gasteiger partial charge is 0.311 e. The molecule has 0 aliphatic rings. The molecule has 0 fully saturated rings. The van der Waals surface area contributed by atoms with Crippen molar-refractivity contribution in [1.29, 1.82) is 0 Å². The quantitative estimate of drug-likeness (QED) is 0.428. The van der Waals surface area contributed by atoms with E-state index < -0.39 is 15.5 Å². The molecule has 15 heavy (non-hydrogen) atoms. The van der Waals surface area contributed by atoms with E-state index in [2.05, 4.69) is 0 Å². The van der Waals surface area contributed by atoms with Crippen LogP contribution in [0, 0.1) is 5.41 Å². The van der Waals surface area contributed by atoms with E-state index in [0.29, 0.717) is 6.42 Å². The van der Waals surface area contributed by atoms with Gasteiger partial charge in [-0.05, 0) is 26.7 Å². The van der Waals surface area contributed by atoms with Gasteiger partial charge in [-0.15, -0.1) is 0 Å². The fourth-order valence-corrected chi connectivity index (χ4v) is 1.23. The summed E-state index contributed by atoms with van der Waals surface area (Å²) in [6.45, 7) is 5.41. The van der Waals surface area contributed by atoms with Crippen molar-refractivity contribution in [3.8, 4) is 0 Å². The molecule has 1 N–H and O–H groups in total. The van der Waals surface area contributed by atoms with Crippen LogP contribution in [-0.2, 0) is 19.6 Å². The van der Waals surface area contributed by atoms with E-state index in [9.17, 15) is 13.2 Å². The van der Waals surface area contributed by atoms with Gasteiger partial charge >= 0.3 is 5.97 Å². The Hall–Kier alpha value is -0.620. The second kappa shape index (κ2) is 5.46. The zero-order valence-corrected chi connectivity index (χ0v) is 10.1. The number of esters is 1. The predicted molar refractivity (Wildman–Crippen MR) is 56.1 cm³/mol. The summed E-state index contributed by atoms with van der Waals surface area (Å²) in [7, 11) is -3.95. The molecule has 0 aromatic carbocycles. The molecule has 90 valence electrons. The van der Waals surface area contributed by atoms with Gasteiger partial charge < -0.3 is 4.74 Å². The maximum atomic E-state index is 11.4. The fourth-order valence-electron chi connectivity index (χ4n) is 0.746. The van der Waals surface area contributed by atoms with Crippen molar-refractivity contribution in [3.63, 3.8) is 0 Å². The lowest BCUT2D eigenvalue weighted by Crippen LogP contribution is -2.26. The zero-order chi connectivity index (χ0) is 12.1. The second-order valence-electron chi connectivity index (χ2n) is 4.01. The van der Waals surface area contributed by atoms with E-state index in [1.165, 1.54) is 0 Å². The average molecular weight is 238 g/mol. The summed E-state index contributed by atoms with van der Waals surface area (Å²) >= 11 is 0. The number of carbonyl (C=O) groups is 1. The highest BCUT2D eigenvalue weighted by molar-refractivity contribution is 7.85. The van der Waals surface area contributed by atoms with Crippen LogP contribution in [0.2, 0.25) is 0 Å². The minimum atomic E-state index is -3.95. The van der Waals surface area contributed by atoms with Crippen molar-refractivity contribution in [2.45, 2.75) is 33.6 Å². The molecular formula is C9H18O5S. The van der Waals surface area contributed by atoms with Gasteiger partial charge in [0.25, 0.3) is 10.1 Å². The van der Waals surface area contributed by atoms with Gasteiger partial charge in [0.1, 0.15) is 0 Å². The molecule has 0 aromatic heterocycles. The lowest BCUT2D eigenvalue weighted by Gasteiger charge is -2.20. The maximum Gasteiger partial charge on any atom is 0.311 e. The van der Waals surface area contributed by atoms with Crippen LogP contribution in [0.1, 0.15) is 33.6 Å². The van der Waals surface area contributed by atoms with E-state index in [4.69, 9.17) is 9.29 Å². The van der Waals surface area contributed by atoms with Crippen LogP contribution in [-0.4, -0.2) is 31.3 Å². The van der Waals surface area contributed by atoms with E-state index in [1.54, 1.807) is 13.8 Å². The van der Waals surface area contributed by atoms with Crippen LogP contribution in [0.5, 0.6) is 0 Å². The Morgan fingerprint density at radius 3 is 2.33 bits per heavy atom. The molecule has 0 aromatic rings. The van der Waals surface area contributed by atoms with Crippen LogP contribution in [0.15, 0.2) is 0 Å². The largest absolute Gasteiger partial charge is 0.465 e. The van der Waals surface area contributed by atoms with Crippen LogP contribution in [0.4, 0.5) is 0 Å². The van der Waals surface area contributed by atoms with Crippen LogP contribution in [0.3, 0.4) is 0 Å². The van der Waals surface area contributed by atoms with Gasteiger partial charge in [-0.3, -0.25) is 9.35 Å². The van der Waals surface area contributed by atoms with Gasteiger partial charge in [0.15, 0.2) is 0 Å². The highest BCUT2D eigenvalue weighted by Gasteiger charge is 2.26. The summed E-state index contributed by atoms with van der Waals surface area (Å²) in [6, 6.07) is 0. The summed E-state index contributed by atoms with van der Waals surface area (Å²) < 4.78 is 34.0. The van der Waals surface area contributed by atoms with Crippen LogP contribution >= 0.6 is 0 Å². The first-order chi connectivity index (χ1) is 6.69. The standard InChI is InChI=1S/C9H18O5S/c1-4-9(2,3)8(10)14-6-5-7-15(11,12)13/h4-7H2,1-3H3,(H,11,12,13). The van der Waals surface area contributed by atoms with Gasteiger partial charge in [0.05, 0.1) is 17.8 Å². The van der Waals surface area contributed by atoms with Gasteiger partial charge in [-0.1, -0.05) is 6.92 Å². The Morgan fingerprint density at radius 1 is 1.40 bits per heavy atom. The normalized spacial score (nSPS) is 12.5. The summed E-state index contributed by atoms with van der Waals surface area (Å²) in [5.74, 6) is -0.729. The number of ether oxygens (including phenoxy) is 1. The molecule has 6 heteroatoms. The first-order valence-electron chi connectivity index (χ1n) is 4.81. The van der Waals surface area contributed by atoms with Crippen molar-refractivity contribution in [3.05, 3.63) is 0 Å². The predicted octanol–water partition coefficient (Wildman–Crippen LogP) is 1.24. The molecule has 0 unspecified atom stereocenters. The van der Waals surface area contributed by atoms with Gasteiger partial charge in [-0.2, -0.15) is 8.42 Å².